The number of alkyl halides is 1. The standard InChI is InChI=1S/C19H27BrN2O6S/c1-4-27-19(29-5-2)14-7-6-9-21(14)18(23)13-11-16(26-3)17(28-10-8-20)12-15(13)22(24)25/h11-12,14,19H,4-10H2,1-3H3/t14-,19?/m0/s1. The number of ether oxygens (including phenoxy) is 3. The van der Waals surface area contributed by atoms with Crippen LogP contribution in [0.2, 0.25) is 0 Å². The molecule has 2 rings (SSSR count). The molecule has 1 saturated heterocycles. The highest BCUT2D eigenvalue weighted by Crippen LogP contribution is 2.37. The number of likely N-dealkylation sites (tertiary alicyclic amines) is 1. The number of nitro groups is 1. The second-order valence-electron chi connectivity index (χ2n) is 6.30. The van der Waals surface area contributed by atoms with E-state index in [1.54, 1.807) is 16.7 Å². The number of hydrogen-bond acceptors (Lipinski definition) is 7. The van der Waals surface area contributed by atoms with Crippen molar-refractivity contribution in [3.63, 3.8) is 0 Å². The number of methoxy groups -OCH3 is 1. The number of carbonyl (C=O) groups is 1. The number of nitro benzene ring substituents is 1. The quantitative estimate of drug-likeness (QED) is 0.199. The Morgan fingerprint density at radius 1 is 1.41 bits per heavy atom. The molecule has 162 valence electrons. The van der Waals surface area contributed by atoms with Crippen molar-refractivity contribution < 1.29 is 23.9 Å². The fourth-order valence-corrected chi connectivity index (χ4v) is 4.60. The van der Waals surface area contributed by atoms with Gasteiger partial charge in [0.25, 0.3) is 11.6 Å². The third-order valence-corrected chi connectivity index (χ3v) is 6.02. The molecule has 1 aliphatic heterocycles. The average Bonchev–Trinajstić information content (AvgIpc) is 3.20. The number of thioether (sulfide) groups is 1. The highest BCUT2D eigenvalue weighted by molar-refractivity contribution is 9.09. The Morgan fingerprint density at radius 2 is 2.17 bits per heavy atom. The molecule has 0 saturated carbocycles. The van der Waals surface area contributed by atoms with Gasteiger partial charge in [0, 0.05) is 24.5 Å². The largest absolute Gasteiger partial charge is 0.493 e. The van der Waals surface area contributed by atoms with Crippen molar-refractivity contribution in [3.8, 4) is 11.5 Å². The molecule has 29 heavy (non-hydrogen) atoms. The van der Waals surface area contributed by atoms with E-state index >= 15 is 0 Å². The zero-order valence-electron chi connectivity index (χ0n) is 16.9. The van der Waals surface area contributed by atoms with Gasteiger partial charge >= 0.3 is 0 Å². The zero-order chi connectivity index (χ0) is 21.4. The molecule has 1 fully saturated rings. The third kappa shape index (κ3) is 5.76. The number of hydrogen-bond donors (Lipinski definition) is 0. The van der Waals surface area contributed by atoms with E-state index in [-0.39, 0.29) is 34.4 Å². The molecule has 8 nitrogen and oxygen atoms in total. The maximum atomic E-state index is 13.3. The van der Waals surface area contributed by atoms with Crippen LogP contribution < -0.4 is 9.47 Å². The van der Waals surface area contributed by atoms with Gasteiger partial charge in [-0.25, -0.2) is 0 Å². The second-order valence-corrected chi connectivity index (χ2v) is 8.47. The first-order valence-electron chi connectivity index (χ1n) is 9.57. The van der Waals surface area contributed by atoms with Crippen LogP contribution in [0.1, 0.15) is 37.0 Å². The van der Waals surface area contributed by atoms with Crippen LogP contribution in [0.4, 0.5) is 5.69 Å². The van der Waals surface area contributed by atoms with Crippen molar-refractivity contribution in [2.24, 2.45) is 0 Å². The lowest BCUT2D eigenvalue weighted by Crippen LogP contribution is -2.43. The maximum absolute atomic E-state index is 13.3. The molecular formula is C19H27BrN2O6S. The molecule has 0 spiro atoms. The molecule has 2 atom stereocenters. The van der Waals surface area contributed by atoms with E-state index in [1.165, 1.54) is 19.2 Å². The molecule has 0 aliphatic carbocycles. The lowest BCUT2D eigenvalue weighted by atomic mass is 10.1. The first-order chi connectivity index (χ1) is 14.0. The summed E-state index contributed by atoms with van der Waals surface area (Å²) in [6, 6.07) is 2.55. The molecule has 0 aromatic heterocycles. The Balaban J connectivity index is 2.40. The summed E-state index contributed by atoms with van der Waals surface area (Å²) in [5.41, 5.74) is -0.442. The minimum Gasteiger partial charge on any atom is -0.493 e. The summed E-state index contributed by atoms with van der Waals surface area (Å²) in [5, 5.41) is 12.3. The number of nitrogens with zero attached hydrogens (tertiary/aromatic N) is 2. The summed E-state index contributed by atoms with van der Waals surface area (Å²) in [6.07, 6.45) is 1.64. The van der Waals surface area contributed by atoms with Crippen LogP contribution in [-0.4, -0.2) is 65.2 Å². The van der Waals surface area contributed by atoms with Crippen LogP contribution in [0.5, 0.6) is 11.5 Å². The maximum Gasteiger partial charge on any atom is 0.286 e. The molecule has 1 unspecified atom stereocenters. The monoisotopic (exact) mass is 490 g/mol. The molecule has 10 heteroatoms. The van der Waals surface area contributed by atoms with E-state index < -0.39 is 4.92 Å². The SMILES string of the molecule is CCOC(SCC)[C@@H]1CCCN1C(=O)c1cc(OC)c(OCCBr)cc1[N+](=O)[O-]. The van der Waals surface area contributed by atoms with Gasteiger partial charge in [0.1, 0.15) is 11.0 Å². The Labute approximate surface area is 183 Å². The normalized spacial score (nSPS) is 17.2. The van der Waals surface area contributed by atoms with Crippen LogP contribution in [-0.2, 0) is 4.74 Å². The molecule has 1 aromatic carbocycles. The molecule has 0 bridgehead atoms. The van der Waals surface area contributed by atoms with Gasteiger partial charge in [-0.15, -0.1) is 11.8 Å². The Bertz CT molecular complexity index is 714. The van der Waals surface area contributed by atoms with Crippen molar-refractivity contribution in [1.29, 1.82) is 0 Å². The van der Waals surface area contributed by atoms with Gasteiger partial charge in [0.2, 0.25) is 0 Å². The van der Waals surface area contributed by atoms with Gasteiger partial charge in [-0.2, -0.15) is 0 Å². The van der Waals surface area contributed by atoms with E-state index in [4.69, 9.17) is 14.2 Å². The van der Waals surface area contributed by atoms with E-state index in [9.17, 15) is 14.9 Å². The predicted octanol–water partition coefficient (Wildman–Crippen LogP) is 4.10. The number of carbonyl (C=O) groups excluding carboxylic acids is 1. The fourth-order valence-electron chi connectivity index (χ4n) is 3.37. The Kier molecular flexibility index (Phi) is 9.51. The summed E-state index contributed by atoms with van der Waals surface area (Å²) in [7, 11) is 1.44. The summed E-state index contributed by atoms with van der Waals surface area (Å²) >= 11 is 4.90. The summed E-state index contributed by atoms with van der Waals surface area (Å²) in [6.45, 7) is 5.37. The minimum absolute atomic E-state index is 0.00156. The van der Waals surface area contributed by atoms with E-state index in [2.05, 4.69) is 15.9 Å². The zero-order valence-corrected chi connectivity index (χ0v) is 19.3. The molecule has 1 aliphatic rings. The van der Waals surface area contributed by atoms with Gasteiger partial charge < -0.3 is 19.1 Å². The molecular weight excluding hydrogens is 464 g/mol. The first-order valence-corrected chi connectivity index (χ1v) is 11.7. The van der Waals surface area contributed by atoms with Crippen molar-refractivity contribution in [2.45, 2.75) is 38.2 Å². The third-order valence-electron chi connectivity index (χ3n) is 4.58. The number of benzene rings is 1. The van der Waals surface area contributed by atoms with Crippen LogP contribution in [0.15, 0.2) is 12.1 Å². The van der Waals surface area contributed by atoms with E-state index in [1.807, 2.05) is 13.8 Å². The lowest BCUT2D eigenvalue weighted by molar-refractivity contribution is -0.385. The topological polar surface area (TPSA) is 91.1 Å². The summed E-state index contributed by atoms with van der Waals surface area (Å²) < 4.78 is 16.7. The van der Waals surface area contributed by atoms with Crippen LogP contribution in [0, 0.1) is 10.1 Å². The van der Waals surface area contributed by atoms with Crippen molar-refractivity contribution >= 4 is 39.3 Å². The van der Waals surface area contributed by atoms with E-state index in [0.717, 1.165) is 18.6 Å². The number of rotatable bonds is 11. The summed E-state index contributed by atoms with van der Waals surface area (Å²) in [4.78, 5) is 26.2. The van der Waals surface area contributed by atoms with E-state index in [0.29, 0.717) is 30.8 Å². The van der Waals surface area contributed by atoms with Crippen molar-refractivity contribution in [1.82, 2.24) is 4.90 Å². The van der Waals surface area contributed by atoms with Gasteiger partial charge in [0.15, 0.2) is 11.5 Å². The Hall–Kier alpha value is -1.52. The number of amides is 1. The highest BCUT2D eigenvalue weighted by atomic mass is 79.9. The molecule has 1 aromatic rings. The molecule has 0 radical (unpaired) electrons. The van der Waals surface area contributed by atoms with Crippen molar-refractivity contribution in [3.05, 3.63) is 27.8 Å². The second kappa shape index (κ2) is 11.6. The lowest BCUT2D eigenvalue weighted by Gasteiger charge is -2.31. The van der Waals surface area contributed by atoms with Crippen LogP contribution in [0.25, 0.3) is 0 Å². The Morgan fingerprint density at radius 3 is 2.76 bits per heavy atom. The molecule has 0 N–H and O–H groups in total. The van der Waals surface area contributed by atoms with Gasteiger partial charge in [-0.3, -0.25) is 14.9 Å². The predicted molar refractivity (Wildman–Crippen MR) is 117 cm³/mol. The minimum atomic E-state index is -0.556. The highest BCUT2D eigenvalue weighted by Gasteiger charge is 2.38. The molecule has 1 heterocycles. The van der Waals surface area contributed by atoms with Gasteiger partial charge in [-0.05, 0) is 25.5 Å². The van der Waals surface area contributed by atoms with Gasteiger partial charge in [0.05, 0.1) is 30.7 Å². The summed E-state index contributed by atoms with van der Waals surface area (Å²) in [5.74, 6) is 1.00. The fraction of sp³-hybridized carbons (Fsp3) is 0.632. The number of halogens is 1. The first kappa shape index (κ1) is 23.8. The van der Waals surface area contributed by atoms with Crippen LogP contribution >= 0.6 is 27.7 Å². The van der Waals surface area contributed by atoms with Crippen molar-refractivity contribution in [2.75, 3.05) is 38.0 Å². The van der Waals surface area contributed by atoms with Crippen LogP contribution in [0.3, 0.4) is 0 Å². The molecule has 1 amide bonds. The smallest absolute Gasteiger partial charge is 0.286 e. The van der Waals surface area contributed by atoms with Gasteiger partial charge in [-0.1, -0.05) is 22.9 Å². The average molecular weight is 491 g/mol.